The topological polar surface area (TPSA) is 82.9 Å². The summed E-state index contributed by atoms with van der Waals surface area (Å²) in [5, 5.41) is 13.9. The Labute approximate surface area is 215 Å². The number of pyridine rings is 1. The zero-order chi connectivity index (χ0) is 25.5. The molecule has 3 heterocycles. The number of para-hydroxylation sites is 1. The fourth-order valence-electron chi connectivity index (χ4n) is 5.96. The smallest absolute Gasteiger partial charge is 0.253 e. The van der Waals surface area contributed by atoms with E-state index in [-0.39, 0.29) is 17.4 Å². The molecule has 1 aliphatic heterocycles. The second-order valence-corrected chi connectivity index (χ2v) is 10.3. The third-order valence-electron chi connectivity index (χ3n) is 8.18. The molecular weight excluding hydrogens is 469 g/mol. The van der Waals surface area contributed by atoms with Gasteiger partial charge in [0.25, 0.3) is 5.56 Å². The van der Waals surface area contributed by atoms with Gasteiger partial charge >= 0.3 is 0 Å². The number of aromatic nitrogens is 5. The van der Waals surface area contributed by atoms with E-state index < -0.39 is 6.04 Å². The Balaban J connectivity index is 1.41. The Kier molecular flexibility index (Phi) is 6.24. The van der Waals surface area contributed by atoms with Crippen molar-refractivity contribution in [3.8, 4) is 0 Å². The first-order valence-electron chi connectivity index (χ1n) is 13.2. The summed E-state index contributed by atoms with van der Waals surface area (Å²) in [5.41, 5.74) is 4.22. The molecule has 6 rings (SSSR count). The number of halogens is 1. The average Bonchev–Trinajstić information content (AvgIpc) is 3.61. The zero-order valence-corrected chi connectivity index (χ0v) is 21.3. The molecule has 8 nitrogen and oxygen atoms in total. The number of fused-ring (bicyclic) bond motifs is 1. The van der Waals surface area contributed by atoms with Gasteiger partial charge in [0.15, 0.2) is 5.82 Å². The minimum absolute atomic E-state index is 0.122. The van der Waals surface area contributed by atoms with E-state index >= 15 is 0 Å². The van der Waals surface area contributed by atoms with Crippen molar-refractivity contribution in [1.82, 2.24) is 30.1 Å². The Morgan fingerprint density at radius 3 is 2.54 bits per heavy atom. The number of nitrogens with one attached hydrogen (secondary N) is 1. The molecule has 2 aliphatic rings. The molecule has 1 saturated heterocycles. The molecule has 192 valence electrons. The van der Waals surface area contributed by atoms with Gasteiger partial charge in [-0.1, -0.05) is 37.1 Å². The van der Waals surface area contributed by atoms with Crippen LogP contribution >= 0.6 is 0 Å². The van der Waals surface area contributed by atoms with Crippen LogP contribution in [0, 0.1) is 19.7 Å². The van der Waals surface area contributed by atoms with Gasteiger partial charge in [0.1, 0.15) is 11.9 Å². The number of nitrogens with zero attached hydrogens (tertiary/aromatic N) is 6. The van der Waals surface area contributed by atoms with Gasteiger partial charge in [-0.2, -0.15) is 0 Å². The summed E-state index contributed by atoms with van der Waals surface area (Å²) in [6, 6.07) is 12.9. The molecule has 0 amide bonds. The molecule has 1 saturated carbocycles. The predicted octanol–water partition coefficient (Wildman–Crippen LogP) is 4.30. The molecular formula is C28H32FN7O. The summed E-state index contributed by atoms with van der Waals surface area (Å²) in [5.74, 6) is 0.495. The number of hydrogen-bond acceptors (Lipinski definition) is 6. The minimum atomic E-state index is -0.395. The first kappa shape index (κ1) is 23.8. The van der Waals surface area contributed by atoms with Crippen LogP contribution < -0.4 is 10.5 Å². The number of H-pyrrole nitrogens is 1. The zero-order valence-electron chi connectivity index (χ0n) is 21.3. The standard InChI is InChI=1S/C28H32FN7O/c1-18-11-12-20-17-22(28(37)30-25(20)19(18)2)26(27-31-32-33-36(27)21-7-3-4-8-21)35-15-13-34(14-16-35)24-10-6-5-9-23(24)29/h5-6,9-12,17,21,26H,3-4,7-8,13-16H2,1-2H3,(H,30,37)/t26-/m1/s1. The number of aryl methyl sites for hydroxylation is 2. The molecule has 9 heteroatoms. The Morgan fingerprint density at radius 1 is 1.03 bits per heavy atom. The highest BCUT2D eigenvalue weighted by Gasteiger charge is 2.35. The van der Waals surface area contributed by atoms with Crippen molar-refractivity contribution in [2.45, 2.75) is 51.6 Å². The molecule has 0 bridgehead atoms. The lowest BCUT2D eigenvalue weighted by atomic mass is 9.99. The van der Waals surface area contributed by atoms with Gasteiger partial charge in [-0.05, 0) is 71.8 Å². The van der Waals surface area contributed by atoms with Crippen LogP contribution in [0.25, 0.3) is 10.9 Å². The number of rotatable bonds is 5. The second-order valence-electron chi connectivity index (χ2n) is 10.3. The number of benzene rings is 2. The summed E-state index contributed by atoms with van der Waals surface area (Å²) >= 11 is 0. The van der Waals surface area contributed by atoms with Crippen molar-refractivity contribution in [2.24, 2.45) is 0 Å². The highest BCUT2D eigenvalue weighted by molar-refractivity contribution is 5.83. The Morgan fingerprint density at radius 2 is 1.78 bits per heavy atom. The van der Waals surface area contributed by atoms with Crippen LogP contribution in [0.4, 0.5) is 10.1 Å². The van der Waals surface area contributed by atoms with Gasteiger partial charge in [-0.3, -0.25) is 9.69 Å². The number of piperazine rings is 1. The molecule has 4 aromatic rings. The first-order valence-corrected chi connectivity index (χ1v) is 13.2. The quantitative estimate of drug-likeness (QED) is 0.439. The van der Waals surface area contributed by atoms with Crippen molar-refractivity contribution in [3.63, 3.8) is 0 Å². The van der Waals surface area contributed by atoms with E-state index in [0.717, 1.165) is 47.7 Å². The summed E-state index contributed by atoms with van der Waals surface area (Å²) in [7, 11) is 0. The van der Waals surface area contributed by atoms with Crippen molar-refractivity contribution in [2.75, 3.05) is 31.1 Å². The van der Waals surface area contributed by atoms with Crippen molar-refractivity contribution in [1.29, 1.82) is 0 Å². The number of aromatic amines is 1. The van der Waals surface area contributed by atoms with E-state index in [4.69, 9.17) is 0 Å². The van der Waals surface area contributed by atoms with E-state index in [9.17, 15) is 9.18 Å². The molecule has 1 atom stereocenters. The third kappa shape index (κ3) is 4.31. The maximum absolute atomic E-state index is 14.5. The molecule has 1 aliphatic carbocycles. The summed E-state index contributed by atoms with van der Waals surface area (Å²) in [4.78, 5) is 21.1. The fraction of sp³-hybridized carbons (Fsp3) is 0.429. The van der Waals surface area contributed by atoms with Gasteiger partial charge < -0.3 is 9.88 Å². The van der Waals surface area contributed by atoms with Crippen LogP contribution in [-0.2, 0) is 0 Å². The lowest BCUT2D eigenvalue weighted by molar-refractivity contribution is 0.196. The molecule has 37 heavy (non-hydrogen) atoms. The molecule has 1 N–H and O–H groups in total. The molecule has 2 aromatic carbocycles. The van der Waals surface area contributed by atoms with E-state index in [1.807, 2.05) is 29.8 Å². The Hall–Kier alpha value is -3.59. The van der Waals surface area contributed by atoms with Gasteiger partial charge in [-0.25, -0.2) is 9.07 Å². The second kappa shape index (κ2) is 9.70. The van der Waals surface area contributed by atoms with Crippen LogP contribution in [-0.4, -0.2) is 56.3 Å². The highest BCUT2D eigenvalue weighted by atomic mass is 19.1. The van der Waals surface area contributed by atoms with Crippen LogP contribution in [0.1, 0.15) is 60.3 Å². The van der Waals surface area contributed by atoms with E-state index in [0.29, 0.717) is 43.3 Å². The largest absolute Gasteiger partial charge is 0.367 e. The molecule has 2 fully saturated rings. The normalized spacial score (nSPS) is 18.1. The molecule has 0 unspecified atom stereocenters. The van der Waals surface area contributed by atoms with Gasteiger partial charge in [0, 0.05) is 31.7 Å². The van der Waals surface area contributed by atoms with Crippen LogP contribution in [0.2, 0.25) is 0 Å². The van der Waals surface area contributed by atoms with Crippen LogP contribution in [0.15, 0.2) is 47.3 Å². The number of anilines is 1. The maximum Gasteiger partial charge on any atom is 0.253 e. The Bertz CT molecular complexity index is 1480. The lowest BCUT2D eigenvalue weighted by Crippen LogP contribution is -2.49. The van der Waals surface area contributed by atoms with Gasteiger partial charge in [-0.15, -0.1) is 5.10 Å². The summed E-state index contributed by atoms with van der Waals surface area (Å²) in [6.07, 6.45) is 4.40. The van der Waals surface area contributed by atoms with Crippen LogP contribution in [0.5, 0.6) is 0 Å². The fourth-order valence-corrected chi connectivity index (χ4v) is 5.96. The van der Waals surface area contributed by atoms with E-state index in [2.05, 4.69) is 49.4 Å². The summed E-state index contributed by atoms with van der Waals surface area (Å²) in [6.45, 7) is 6.68. The first-order chi connectivity index (χ1) is 18.0. The number of tetrazole rings is 1. The van der Waals surface area contributed by atoms with Crippen molar-refractivity contribution >= 4 is 16.6 Å². The van der Waals surface area contributed by atoms with Crippen molar-refractivity contribution < 1.29 is 4.39 Å². The average molecular weight is 502 g/mol. The monoisotopic (exact) mass is 501 g/mol. The summed E-state index contributed by atoms with van der Waals surface area (Å²) < 4.78 is 16.4. The third-order valence-corrected chi connectivity index (χ3v) is 8.18. The SMILES string of the molecule is Cc1ccc2cc([C@H](c3nnnn3C3CCCC3)N3CCN(c4ccccc4F)CC3)c(=O)[nH]c2c1C. The molecule has 0 radical (unpaired) electrons. The van der Waals surface area contributed by atoms with E-state index in [1.165, 1.54) is 6.07 Å². The lowest BCUT2D eigenvalue weighted by Gasteiger charge is -2.39. The molecule has 0 spiro atoms. The maximum atomic E-state index is 14.5. The molecule has 2 aromatic heterocycles. The number of hydrogen-bond donors (Lipinski definition) is 1. The van der Waals surface area contributed by atoms with Crippen molar-refractivity contribution in [3.05, 3.63) is 81.2 Å². The predicted molar refractivity (Wildman–Crippen MR) is 141 cm³/mol. The van der Waals surface area contributed by atoms with E-state index in [1.54, 1.807) is 6.07 Å². The van der Waals surface area contributed by atoms with Crippen LogP contribution in [0.3, 0.4) is 0 Å². The highest BCUT2D eigenvalue weighted by Crippen LogP contribution is 2.35. The van der Waals surface area contributed by atoms with Gasteiger partial charge in [0.05, 0.1) is 17.2 Å². The van der Waals surface area contributed by atoms with Gasteiger partial charge in [0.2, 0.25) is 0 Å². The minimum Gasteiger partial charge on any atom is -0.367 e.